The second-order valence-corrected chi connectivity index (χ2v) is 10.1. The molecule has 1 aromatic carbocycles. The summed E-state index contributed by atoms with van der Waals surface area (Å²) in [5.74, 6) is 3.35. The predicted octanol–water partition coefficient (Wildman–Crippen LogP) is 4.48. The van der Waals surface area contributed by atoms with Crippen molar-refractivity contribution in [2.45, 2.75) is 63.3 Å². The summed E-state index contributed by atoms with van der Waals surface area (Å²) in [6, 6.07) is 10.6. The summed E-state index contributed by atoms with van der Waals surface area (Å²) in [7, 11) is 0. The summed E-state index contributed by atoms with van der Waals surface area (Å²) in [6.45, 7) is 2.27. The smallest absolute Gasteiger partial charge is 0.255 e. The van der Waals surface area contributed by atoms with E-state index in [1.165, 1.54) is 32.1 Å². The molecule has 7 rings (SSSR count). The molecule has 2 aromatic rings. The van der Waals surface area contributed by atoms with Crippen LogP contribution >= 0.6 is 0 Å². The first-order chi connectivity index (χ1) is 13.6. The van der Waals surface area contributed by atoms with Crippen LogP contribution < -0.4 is 5.32 Å². The lowest BCUT2D eigenvalue weighted by molar-refractivity contribution is -0.0119. The Hall–Kier alpha value is -2.10. The molecule has 0 saturated heterocycles. The van der Waals surface area contributed by atoms with Gasteiger partial charge in [-0.25, -0.2) is 4.68 Å². The van der Waals surface area contributed by atoms with E-state index in [-0.39, 0.29) is 11.3 Å². The molecule has 4 heteroatoms. The highest BCUT2D eigenvalue weighted by Gasteiger charge is 2.49. The Morgan fingerprint density at radius 1 is 1.04 bits per heavy atom. The second-order valence-electron chi connectivity index (χ2n) is 10.1. The van der Waals surface area contributed by atoms with Crippen molar-refractivity contribution in [3.05, 3.63) is 47.8 Å². The average Bonchev–Trinajstić information content (AvgIpc) is 3.27. The standard InChI is InChI=1S/C24H29N3O/c1-24(7-8-24)22-20(14-25-27(22)19-5-3-2-4-6-19)23(28)26-21-17-10-15-9-16(12-17)13-18(21)11-15/h2-6,14-18,21H,7-13H2,1H3,(H,26,28). The van der Waals surface area contributed by atoms with E-state index in [1.807, 2.05) is 22.9 Å². The maximum Gasteiger partial charge on any atom is 0.255 e. The minimum atomic E-state index is 0.0725. The number of nitrogens with one attached hydrogen (secondary N) is 1. The molecule has 28 heavy (non-hydrogen) atoms. The van der Waals surface area contributed by atoms with Crippen LogP contribution in [0, 0.1) is 23.7 Å². The Balaban J connectivity index is 1.31. The molecule has 1 amide bonds. The zero-order valence-electron chi connectivity index (χ0n) is 16.6. The number of rotatable bonds is 4. The molecule has 0 unspecified atom stereocenters. The highest BCUT2D eigenvalue weighted by Crippen LogP contribution is 2.54. The number of para-hydroxylation sites is 1. The Bertz CT molecular complexity index is 883. The van der Waals surface area contributed by atoms with Crippen molar-refractivity contribution in [1.82, 2.24) is 15.1 Å². The number of nitrogens with zero attached hydrogens (tertiary/aromatic N) is 2. The molecule has 4 nitrogen and oxygen atoms in total. The Labute approximate surface area is 166 Å². The maximum absolute atomic E-state index is 13.4. The first-order valence-electron chi connectivity index (χ1n) is 11.1. The van der Waals surface area contributed by atoms with Crippen LogP contribution in [-0.2, 0) is 5.41 Å². The summed E-state index contributed by atoms with van der Waals surface area (Å²) in [6.07, 6.45) is 10.8. The quantitative estimate of drug-likeness (QED) is 0.856. The Kier molecular flexibility index (Phi) is 3.57. The van der Waals surface area contributed by atoms with Crippen molar-refractivity contribution >= 4 is 5.91 Å². The van der Waals surface area contributed by atoms with E-state index in [4.69, 9.17) is 0 Å². The highest BCUT2D eigenvalue weighted by molar-refractivity contribution is 5.96. The summed E-state index contributed by atoms with van der Waals surface area (Å²) >= 11 is 0. The third-order valence-corrected chi connectivity index (χ3v) is 8.11. The number of hydrogen-bond donors (Lipinski definition) is 1. The summed E-state index contributed by atoms with van der Waals surface area (Å²) in [5.41, 5.74) is 3.00. The van der Waals surface area contributed by atoms with Crippen LogP contribution in [0.3, 0.4) is 0 Å². The molecule has 1 N–H and O–H groups in total. The third kappa shape index (κ3) is 2.57. The molecule has 0 aliphatic heterocycles. The van der Waals surface area contributed by atoms with Gasteiger partial charge in [0.1, 0.15) is 0 Å². The van der Waals surface area contributed by atoms with Crippen molar-refractivity contribution in [3.63, 3.8) is 0 Å². The van der Waals surface area contributed by atoms with E-state index in [1.54, 1.807) is 6.20 Å². The van der Waals surface area contributed by atoms with Gasteiger partial charge in [-0.3, -0.25) is 4.79 Å². The largest absolute Gasteiger partial charge is 0.349 e. The summed E-state index contributed by atoms with van der Waals surface area (Å²) < 4.78 is 2.00. The lowest BCUT2D eigenvalue weighted by atomic mass is 9.54. The molecular formula is C24H29N3O. The zero-order chi connectivity index (χ0) is 18.9. The Morgan fingerprint density at radius 2 is 1.68 bits per heavy atom. The van der Waals surface area contributed by atoms with Gasteiger partial charge in [0.2, 0.25) is 0 Å². The van der Waals surface area contributed by atoms with Gasteiger partial charge in [-0.05, 0) is 80.8 Å². The number of amides is 1. The minimum Gasteiger partial charge on any atom is -0.349 e. The SMILES string of the molecule is CC1(c2c(C(=O)NC3C4CC5CC(C4)CC3C5)cnn2-c2ccccc2)CC1. The maximum atomic E-state index is 13.4. The molecule has 5 fully saturated rings. The predicted molar refractivity (Wildman–Crippen MR) is 108 cm³/mol. The van der Waals surface area contributed by atoms with Crippen molar-refractivity contribution in [2.75, 3.05) is 0 Å². The normalized spacial score (nSPS) is 34.4. The molecule has 0 atom stereocenters. The zero-order valence-corrected chi connectivity index (χ0v) is 16.6. The molecule has 5 aliphatic rings. The lowest BCUT2D eigenvalue weighted by Crippen LogP contribution is -2.55. The molecule has 0 spiro atoms. The molecule has 1 heterocycles. The van der Waals surface area contributed by atoms with E-state index >= 15 is 0 Å². The summed E-state index contributed by atoms with van der Waals surface area (Å²) in [5, 5.41) is 8.15. The average molecular weight is 376 g/mol. The second kappa shape index (κ2) is 5.95. The van der Waals surface area contributed by atoms with Gasteiger partial charge in [-0.15, -0.1) is 0 Å². The first-order valence-corrected chi connectivity index (χ1v) is 11.1. The molecule has 0 radical (unpaired) electrons. The fourth-order valence-corrected chi connectivity index (χ4v) is 6.67. The van der Waals surface area contributed by atoms with E-state index in [0.717, 1.165) is 41.6 Å². The lowest BCUT2D eigenvalue weighted by Gasteiger charge is -2.54. The third-order valence-electron chi connectivity index (χ3n) is 8.11. The number of hydrogen-bond acceptors (Lipinski definition) is 2. The molecule has 5 aliphatic carbocycles. The first kappa shape index (κ1) is 16.8. The van der Waals surface area contributed by atoms with Crippen LogP contribution in [0.5, 0.6) is 0 Å². The van der Waals surface area contributed by atoms with Gasteiger partial charge < -0.3 is 5.32 Å². The fourth-order valence-electron chi connectivity index (χ4n) is 6.67. The molecule has 1 aromatic heterocycles. The van der Waals surface area contributed by atoms with Crippen molar-refractivity contribution < 1.29 is 4.79 Å². The van der Waals surface area contributed by atoms with E-state index in [9.17, 15) is 4.79 Å². The summed E-state index contributed by atoms with van der Waals surface area (Å²) in [4.78, 5) is 13.4. The topological polar surface area (TPSA) is 46.9 Å². The highest BCUT2D eigenvalue weighted by atomic mass is 16.1. The number of carbonyl (C=O) groups is 1. The monoisotopic (exact) mass is 375 g/mol. The van der Waals surface area contributed by atoms with Gasteiger partial charge in [-0.1, -0.05) is 25.1 Å². The number of carbonyl (C=O) groups excluding carboxylic acids is 1. The number of aromatic nitrogens is 2. The van der Waals surface area contributed by atoms with Gasteiger partial charge in [-0.2, -0.15) is 5.10 Å². The van der Waals surface area contributed by atoms with Crippen LogP contribution in [0.25, 0.3) is 5.69 Å². The minimum absolute atomic E-state index is 0.0725. The van der Waals surface area contributed by atoms with Gasteiger partial charge in [0.05, 0.1) is 23.1 Å². The van der Waals surface area contributed by atoms with Crippen LogP contribution in [0.1, 0.15) is 67.9 Å². The van der Waals surface area contributed by atoms with Gasteiger partial charge >= 0.3 is 0 Å². The van der Waals surface area contributed by atoms with Gasteiger partial charge in [0, 0.05) is 11.5 Å². The van der Waals surface area contributed by atoms with E-state index in [0.29, 0.717) is 17.9 Å². The Morgan fingerprint density at radius 3 is 2.29 bits per heavy atom. The fraction of sp³-hybridized carbons (Fsp3) is 0.583. The molecule has 146 valence electrons. The van der Waals surface area contributed by atoms with Crippen LogP contribution in [0.4, 0.5) is 0 Å². The van der Waals surface area contributed by atoms with E-state index < -0.39 is 0 Å². The van der Waals surface area contributed by atoms with Crippen LogP contribution in [-0.4, -0.2) is 21.7 Å². The van der Waals surface area contributed by atoms with Crippen molar-refractivity contribution in [2.24, 2.45) is 23.7 Å². The van der Waals surface area contributed by atoms with Crippen molar-refractivity contribution in [3.8, 4) is 5.69 Å². The van der Waals surface area contributed by atoms with Gasteiger partial charge in [0.25, 0.3) is 5.91 Å². The molecular weight excluding hydrogens is 346 g/mol. The van der Waals surface area contributed by atoms with E-state index in [2.05, 4.69) is 29.5 Å². The van der Waals surface area contributed by atoms with Crippen molar-refractivity contribution in [1.29, 1.82) is 0 Å². The molecule has 5 saturated carbocycles. The van der Waals surface area contributed by atoms with Gasteiger partial charge in [0.15, 0.2) is 0 Å². The number of benzene rings is 1. The van der Waals surface area contributed by atoms with Crippen LogP contribution in [0.15, 0.2) is 36.5 Å². The molecule has 4 bridgehead atoms. The van der Waals surface area contributed by atoms with Crippen LogP contribution in [0.2, 0.25) is 0 Å².